The van der Waals surface area contributed by atoms with Crippen LogP contribution in [0.3, 0.4) is 0 Å². The van der Waals surface area contributed by atoms with Crippen molar-refractivity contribution in [2.45, 2.75) is 6.54 Å². The summed E-state index contributed by atoms with van der Waals surface area (Å²) >= 11 is 0. The summed E-state index contributed by atoms with van der Waals surface area (Å²) in [7, 11) is 3.23. The fourth-order valence-corrected chi connectivity index (χ4v) is 1.95. The zero-order chi connectivity index (χ0) is 15.8. The van der Waals surface area contributed by atoms with E-state index in [1.54, 1.807) is 20.3 Å². The Kier molecular flexibility index (Phi) is 5.60. The van der Waals surface area contributed by atoms with E-state index in [4.69, 9.17) is 9.47 Å². The Hall–Kier alpha value is -2.75. The van der Waals surface area contributed by atoms with E-state index in [2.05, 4.69) is 5.32 Å². The predicted molar refractivity (Wildman–Crippen MR) is 86.9 cm³/mol. The summed E-state index contributed by atoms with van der Waals surface area (Å²) in [6, 6.07) is 15.1. The number of carbonyl (C=O) groups is 1. The van der Waals surface area contributed by atoms with Gasteiger partial charge in [0.25, 0.3) is 0 Å². The van der Waals surface area contributed by atoms with E-state index in [1.807, 2.05) is 48.5 Å². The Morgan fingerprint density at radius 3 is 2.45 bits per heavy atom. The van der Waals surface area contributed by atoms with Gasteiger partial charge in [0.2, 0.25) is 5.91 Å². The molecule has 0 radical (unpaired) electrons. The molecule has 4 nitrogen and oxygen atoms in total. The molecule has 1 amide bonds. The van der Waals surface area contributed by atoms with Crippen molar-refractivity contribution in [3.63, 3.8) is 0 Å². The molecule has 0 aliphatic carbocycles. The zero-order valence-corrected chi connectivity index (χ0v) is 12.7. The van der Waals surface area contributed by atoms with Crippen molar-refractivity contribution in [1.82, 2.24) is 5.32 Å². The number of carbonyl (C=O) groups excluding carboxylic acids is 1. The van der Waals surface area contributed by atoms with Crippen molar-refractivity contribution in [2.75, 3.05) is 14.2 Å². The fourth-order valence-electron chi connectivity index (χ4n) is 1.95. The van der Waals surface area contributed by atoms with Gasteiger partial charge < -0.3 is 14.8 Å². The van der Waals surface area contributed by atoms with Gasteiger partial charge in [-0.25, -0.2) is 0 Å². The molecule has 2 aromatic carbocycles. The Labute approximate surface area is 130 Å². The van der Waals surface area contributed by atoms with Gasteiger partial charge in [-0.1, -0.05) is 24.3 Å². The lowest BCUT2D eigenvalue weighted by Crippen LogP contribution is -2.20. The average Bonchev–Trinajstić information content (AvgIpc) is 2.58. The third-order valence-corrected chi connectivity index (χ3v) is 3.12. The van der Waals surface area contributed by atoms with Crippen LogP contribution in [0.5, 0.6) is 11.5 Å². The van der Waals surface area contributed by atoms with Crippen molar-refractivity contribution < 1.29 is 14.3 Å². The molecule has 0 unspecified atom stereocenters. The Bertz CT molecular complexity index is 665. The molecule has 0 aliphatic heterocycles. The maximum atomic E-state index is 11.8. The summed E-state index contributed by atoms with van der Waals surface area (Å²) in [6.07, 6.45) is 3.26. The number of methoxy groups -OCH3 is 2. The van der Waals surface area contributed by atoms with Gasteiger partial charge in [-0.15, -0.1) is 0 Å². The second kappa shape index (κ2) is 7.88. The standard InChI is InChI=1S/C18H19NO3/c1-21-16-7-3-5-14(11-16)9-10-18(20)19-13-15-6-4-8-17(12-15)22-2/h3-12H,13H2,1-2H3,(H,19,20)/b10-9+. The summed E-state index contributed by atoms with van der Waals surface area (Å²) < 4.78 is 10.3. The van der Waals surface area contributed by atoms with E-state index in [0.29, 0.717) is 6.54 Å². The van der Waals surface area contributed by atoms with Crippen LogP contribution in [0.4, 0.5) is 0 Å². The van der Waals surface area contributed by atoms with Crippen LogP contribution < -0.4 is 14.8 Å². The number of benzene rings is 2. The van der Waals surface area contributed by atoms with E-state index in [-0.39, 0.29) is 5.91 Å². The van der Waals surface area contributed by atoms with Crippen LogP contribution in [-0.4, -0.2) is 20.1 Å². The minimum atomic E-state index is -0.148. The second-order valence-electron chi connectivity index (χ2n) is 4.68. The zero-order valence-electron chi connectivity index (χ0n) is 12.7. The summed E-state index contributed by atoms with van der Waals surface area (Å²) in [4.78, 5) is 11.8. The highest BCUT2D eigenvalue weighted by atomic mass is 16.5. The molecule has 114 valence electrons. The molecule has 2 rings (SSSR count). The molecule has 22 heavy (non-hydrogen) atoms. The molecule has 0 fully saturated rings. The predicted octanol–water partition coefficient (Wildman–Crippen LogP) is 3.03. The molecule has 0 saturated heterocycles. The number of nitrogens with one attached hydrogen (secondary N) is 1. The normalized spacial score (nSPS) is 10.5. The molecular weight excluding hydrogens is 278 g/mol. The second-order valence-corrected chi connectivity index (χ2v) is 4.68. The number of ether oxygens (including phenoxy) is 2. The Morgan fingerprint density at radius 1 is 1.05 bits per heavy atom. The highest BCUT2D eigenvalue weighted by molar-refractivity contribution is 5.91. The quantitative estimate of drug-likeness (QED) is 0.834. The molecule has 0 bridgehead atoms. The molecule has 0 saturated carbocycles. The summed E-state index contributed by atoms with van der Waals surface area (Å²) in [5, 5.41) is 2.84. The van der Waals surface area contributed by atoms with Gasteiger partial charge in [0.15, 0.2) is 0 Å². The van der Waals surface area contributed by atoms with E-state index in [0.717, 1.165) is 22.6 Å². The highest BCUT2D eigenvalue weighted by Crippen LogP contribution is 2.14. The van der Waals surface area contributed by atoms with Crippen molar-refractivity contribution >= 4 is 12.0 Å². The van der Waals surface area contributed by atoms with Gasteiger partial charge in [-0.05, 0) is 41.5 Å². The maximum Gasteiger partial charge on any atom is 0.244 e. The summed E-state index contributed by atoms with van der Waals surface area (Å²) in [6.45, 7) is 0.457. The molecule has 0 atom stereocenters. The average molecular weight is 297 g/mol. The number of amides is 1. The molecule has 0 heterocycles. The van der Waals surface area contributed by atoms with Crippen LogP contribution in [-0.2, 0) is 11.3 Å². The minimum Gasteiger partial charge on any atom is -0.497 e. The van der Waals surface area contributed by atoms with Crippen LogP contribution in [0.25, 0.3) is 6.08 Å². The lowest BCUT2D eigenvalue weighted by molar-refractivity contribution is -0.116. The van der Waals surface area contributed by atoms with Crippen LogP contribution in [0.15, 0.2) is 54.6 Å². The van der Waals surface area contributed by atoms with E-state index >= 15 is 0 Å². The SMILES string of the molecule is COc1cccc(/C=C/C(=O)NCc2cccc(OC)c2)c1. The van der Waals surface area contributed by atoms with Gasteiger partial charge in [0.05, 0.1) is 14.2 Å². The summed E-state index contributed by atoms with van der Waals surface area (Å²) in [5.74, 6) is 1.39. The molecule has 0 spiro atoms. The van der Waals surface area contributed by atoms with Crippen LogP contribution in [0.1, 0.15) is 11.1 Å². The van der Waals surface area contributed by atoms with Crippen molar-refractivity contribution in [3.8, 4) is 11.5 Å². The third-order valence-electron chi connectivity index (χ3n) is 3.12. The van der Waals surface area contributed by atoms with Gasteiger partial charge >= 0.3 is 0 Å². The number of rotatable bonds is 6. The molecule has 0 aromatic heterocycles. The number of hydrogen-bond donors (Lipinski definition) is 1. The lowest BCUT2D eigenvalue weighted by Gasteiger charge is -2.05. The van der Waals surface area contributed by atoms with Gasteiger partial charge in [-0.3, -0.25) is 4.79 Å². The van der Waals surface area contributed by atoms with Crippen molar-refractivity contribution in [3.05, 3.63) is 65.7 Å². The first kappa shape index (κ1) is 15.6. The maximum absolute atomic E-state index is 11.8. The monoisotopic (exact) mass is 297 g/mol. The van der Waals surface area contributed by atoms with Crippen molar-refractivity contribution in [2.24, 2.45) is 0 Å². The topological polar surface area (TPSA) is 47.6 Å². The number of hydrogen-bond acceptors (Lipinski definition) is 3. The first-order chi connectivity index (χ1) is 10.7. The molecule has 4 heteroatoms. The van der Waals surface area contributed by atoms with Crippen molar-refractivity contribution in [1.29, 1.82) is 0 Å². The van der Waals surface area contributed by atoms with E-state index < -0.39 is 0 Å². The fraction of sp³-hybridized carbons (Fsp3) is 0.167. The lowest BCUT2D eigenvalue weighted by atomic mass is 10.2. The van der Waals surface area contributed by atoms with E-state index in [9.17, 15) is 4.79 Å². The first-order valence-corrected chi connectivity index (χ1v) is 6.94. The van der Waals surface area contributed by atoms with E-state index in [1.165, 1.54) is 6.08 Å². The smallest absolute Gasteiger partial charge is 0.244 e. The first-order valence-electron chi connectivity index (χ1n) is 6.94. The summed E-state index contributed by atoms with van der Waals surface area (Å²) in [5.41, 5.74) is 1.90. The van der Waals surface area contributed by atoms with Gasteiger partial charge in [0, 0.05) is 12.6 Å². The largest absolute Gasteiger partial charge is 0.497 e. The Morgan fingerprint density at radius 2 is 1.73 bits per heavy atom. The highest BCUT2D eigenvalue weighted by Gasteiger charge is 1.99. The third kappa shape index (κ3) is 4.66. The molecular formula is C18H19NO3. The van der Waals surface area contributed by atoms with Crippen LogP contribution in [0, 0.1) is 0 Å². The minimum absolute atomic E-state index is 0.148. The van der Waals surface area contributed by atoms with Gasteiger partial charge in [-0.2, -0.15) is 0 Å². The van der Waals surface area contributed by atoms with Crippen LogP contribution >= 0.6 is 0 Å². The van der Waals surface area contributed by atoms with Gasteiger partial charge in [0.1, 0.15) is 11.5 Å². The molecule has 2 aromatic rings. The molecule has 1 N–H and O–H groups in total. The van der Waals surface area contributed by atoms with Crippen LogP contribution in [0.2, 0.25) is 0 Å². The Balaban J connectivity index is 1.90. The molecule has 0 aliphatic rings.